The van der Waals surface area contributed by atoms with Crippen LogP contribution in [0.1, 0.15) is 16.6 Å². The molecule has 0 aliphatic carbocycles. The molecule has 0 saturated heterocycles. The molecule has 0 radical (unpaired) electrons. The molecule has 7 heteroatoms. The molecule has 0 bridgehead atoms. The van der Waals surface area contributed by atoms with Crippen LogP contribution in [0.5, 0.6) is 0 Å². The first-order chi connectivity index (χ1) is 8.90. The number of amides is 1. The predicted octanol–water partition coefficient (Wildman–Crippen LogP) is 3.41. The Morgan fingerprint density at radius 3 is 2.68 bits per heavy atom. The third-order valence-electron chi connectivity index (χ3n) is 2.52. The molecule has 0 aliphatic rings. The maximum atomic E-state index is 12.0. The Kier molecular flexibility index (Phi) is 3.99. The average molecular weight is 318 g/mol. The van der Waals surface area contributed by atoms with Gasteiger partial charge in [-0.2, -0.15) is 0 Å². The standard InChI is InChI=1S/C12H9Cl2NO3S/c1-5(12(17)18)15-11(16)10-9(14)7-3-2-6(13)4-8(7)19-10/h2-5H,1H3,(H,15,16)(H,17,18)/t5-/m0/s1. The molecule has 100 valence electrons. The van der Waals surface area contributed by atoms with E-state index >= 15 is 0 Å². The molecular formula is C12H9Cl2NO3S. The smallest absolute Gasteiger partial charge is 0.325 e. The van der Waals surface area contributed by atoms with E-state index in [2.05, 4.69) is 5.32 Å². The fourth-order valence-electron chi connectivity index (χ4n) is 1.51. The third-order valence-corrected chi connectivity index (χ3v) is 4.41. The molecule has 2 N–H and O–H groups in total. The number of benzene rings is 1. The van der Waals surface area contributed by atoms with Crippen LogP contribution in [0.3, 0.4) is 0 Å². The highest BCUT2D eigenvalue weighted by Gasteiger charge is 2.21. The molecule has 1 aromatic heterocycles. The first kappa shape index (κ1) is 14.1. The van der Waals surface area contributed by atoms with E-state index in [4.69, 9.17) is 28.3 Å². The monoisotopic (exact) mass is 317 g/mol. The van der Waals surface area contributed by atoms with Crippen LogP contribution in [0.25, 0.3) is 10.1 Å². The summed E-state index contributed by atoms with van der Waals surface area (Å²) in [7, 11) is 0. The molecule has 0 spiro atoms. The van der Waals surface area contributed by atoms with Crippen LogP contribution in [0, 0.1) is 0 Å². The summed E-state index contributed by atoms with van der Waals surface area (Å²) < 4.78 is 0.783. The molecule has 0 fully saturated rings. The Morgan fingerprint density at radius 1 is 1.37 bits per heavy atom. The average Bonchev–Trinajstić information content (AvgIpc) is 2.66. The molecule has 1 amide bonds. The Hall–Kier alpha value is -1.30. The molecule has 0 aliphatic heterocycles. The summed E-state index contributed by atoms with van der Waals surface area (Å²) in [5, 5.41) is 12.7. The van der Waals surface area contributed by atoms with Crippen molar-refractivity contribution in [2.45, 2.75) is 13.0 Å². The van der Waals surface area contributed by atoms with Crippen LogP contribution in [0.15, 0.2) is 18.2 Å². The van der Waals surface area contributed by atoms with Crippen molar-refractivity contribution in [1.29, 1.82) is 0 Å². The van der Waals surface area contributed by atoms with Gasteiger partial charge < -0.3 is 10.4 Å². The SMILES string of the molecule is C[C@H](NC(=O)c1sc2cc(Cl)ccc2c1Cl)C(=O)O. The number of hydrogen-bond donors (Lipinski definition) is 2. The van der Waals surface area contributed by atoms with Crippen LogP contribution in [0.4, 0.5) is 0 Å². The van der Waals surface area contributed by atoms with Gasteiger partial charge in [-0.15, -0.1) is 11.3 Å². The van der Waals surface area contributed by atoms with Crippen LogP contribution in [-0.2, 0) is 4.79 Å². The maximum absolute atomic E-state index is 12.0. The van der Waals surface area contributed by atoms with Crippen molar-refractivity contribution in [3.8, 4) is 0 Å². The van der Waals surface area contributed by atoms with Gasteiger partial charge in [-0.1, -0.05) is 29.3 Å². The van der Waals surface area contributed by atoms with Gasteiger partial charge in [0, 0.05) is 15.1 Å². The van der Waals surface area contributed by atoms with E-state index < -0.39 is 17.9 Å². The second-order valence-electron chi connectivity index (χ2n) is 3.92. The van der Waals surface area contributed by atoms with E-state index in [0.717, 1.165) is 10.1 Å². The Bertz CT molecular complexity index is 668. The summed E-state index contributed by atoms with van der Waals surface area (Å²) in [6.07, 6.45) is 0. The van der Waals surface area contributed by atoms with Crippen molar-refractivity contribution in [2.24, 2.45) is 0 Å². The number of carboxylic acid groups (broad SMARTS) is 1. The lowest BCUT2D eigenvalue weighted by Crippen LogP contribution is -2.38. The molecule has 0 unspecified atom stereocenters. The zero-order chi connectivity index (χ0) is 14.2. The second-order valence-corrected chi connectivity index (χ2v) is 5.79. The van der Waals surface area contributed by atoms with Crippen molar-refractivity contribution < 1.29 is 14.7 Å². The van der Waals surface area contributed by atoms with Gasteiger partial charge in [-0.25, -0.2) is 0 Å². The van der Waals surface area contributed by atoms with Gasteiger partial charge in [0.1, 0.15) is 10.9 Å². The van der Waals surface area contributed by atoms with Crippen molar-refractivity contribution in [3.05, 3.63) is 33.1 Å². The van der Waals surface area contributed by atoms with E-state index in [1.165, 1.54) is 18.3 Å². The number of nitrogens with one attached hydrogen (secondary N) is 1. The molecule has 19 heavy (non-hydrogen) atoms. The second kappa shape index (κ2) is 5.36. The number of aliphatic carboxylic acids is 1. The highest BCUT2D eigenvalue weighted by Crippen LogP contribution is 2.36. The number of thiophene rings is 1. The normalized spacial score (nSPS) is 12.4. The lowest BCUT2D eigenvalue weighted by Gasteiger charge is -2.07. The van der Waals surface area contributed by atoms with Crippen LogP contribution in [-0.4, -0.2) is 23.0 Å². The summed E-state index contributed by atoms with van der Waals surface area (Å²) in [5.74, 6) is -1.61. The molecule has 4 nitrogen and oxygen atoms in total. The zero-order valence-electron chi connectivity index (χ0n) is 9.74. The molecule has 2 rings (SSSR count). The topological polar surface area (TPSA) is 66.4 Å². The van der Waals surface area contributed by atoms with Crippen molar-refractivity contribution in [3.63, 3.8) is 0 Å². The van der Waals surface area contributed by atoms with Gasteiger partial charge in [-0.3, -0.25) is 9.59 Å². The first-order valence-electron chi connectivity index (χ1n) is 5.31. The largest absolute Gasteiger partial charge is 0.480 e. The van der Waals surface area contributed by atoms with E-state index in [9.17, 15) is 9.59 Å². The van der Waals surface area contributed by atoms with E-state index in [-0.39, 0.29) is 4.88 Å². The van der Waals surface area contributed by atoms with Crippen molar-refractivity contribution >= 4 is 56.5 Å². The fourth-order valence-corrected chi connectivity index (χ4v) is 3.21. The molecule has 2 aromatic rings. The van der Waals surface area contributed by atoms with Gasteiger partial charge in [0.25, 0.3) is 5.91 Å². The Balaban J connectivity index is 2.37. The molecule has 0 saturated carbocycles. The Labute approximate surface area is 122 Å². The fraction of sp³-hybridized carbons (Fsp3) is 0.167. The number of carboxylic acids is 1. The molecule has 1 atom stereocenters. The number of carbonyl (C=O) groups is 2. The summed E-state index contributed by atoms with van der Waals surface area (Å²) in [5.41, 5.74) is 0. The highest BCUT2D eigenvalue weighted by molar-refractivity contribution is 7.21. The van der Waals surface area contributed by atoms with Gasteiger partial charge in [-0.05, 0) is 19.1 Å². The van der Waals surface area contributed by atoms with E-state index in [1.807, 2.05) is 0 Å². The lowest BCUT2D eigenvalue weighted by molar-refractivity contribution is -0.138. The molecule has 1 aromatic carbocycles. The minimum absolute atomic E-state index is 0.284. The number of carbonyl (C=O) groups excluding carboxylic acids is 1. The van der Waals surface area contributed by atoms with Gasteiger partial charge in [0.05, 0.1) is 5.02 Å². The number of halogens is 2. The van der Waals surface area contributed by atoms with Crippen molar-refractivity contribution in [1.82, 2.24) is 5.32 Å². The first-order valence-corrected chi connectivity index (χ1v) is 6.88. The van der Waals surface area contributed by atoms with Crippen molar-refractivity contribution in [2.75, 3.05) is 0 Å². The van der Waals surface area contributed by atoms with Gasteiger partial charge in [0.15, 0.2) is 0 Å². The van der Waals surface area contributed by atoms with E-state index in [0.29, 0.717) is 10.0 Å². The predicted molar refractivity (Wildman–Crippen MR) is 76.4 cm³/mol. The summed E-state index contributed by atoms with van der Waals surface area (Å²) in [4.78, 5) is 22.9. The number of rotatable bonds is 3. The van der Waals surface area contributed by atoms with Crippen LogP contribution < -0.4 is 5.32 Å². The van der Waals surface area contributed by atoms with Gasteiger partial charge in [0.2, 0.25) is 0 Å². The third kappa shape index (κ3) is 2.83. The van der Waals surface area contributed by atoms with Crippen LogP contribution >= 0.6 is 34.5 Å². The summed E-state index contributed by atoms with van der Waals surface area (Å²) in [6, 6.07) is 4.15. The summed E-state index contributed by atoms with van der Waals surface area (Å²) >= 11 is 13.2. The molecular weight excluding hydrogens is 309 g/mol. The summed E-state index contributed by atoms with van der Waals surface area (Å²) in [6.45, 7) is 1.39. The molecule has 1 heterocycles. The minimum Gasteiger partial charge on any atom is -0.480 e. The zero-order valence-corrected chi connectivity index (χ0v) is 12.1. The quantitative estimate of drug-likeness (QED) is 0.911. The van der Waals surface area contributed by atoms with Crippen LogP contribution in [0.2, 0.25) is 10.0 Å². The Morgan fingerprint density at radius 2 is 2.05 bits per heavy atom. The minimum atomic E-state index is -1.10. The number of hydrogen-bond acceptors (Lipinski definition) is 3. The highest BCUT2D eigenvalue weighted by atomic mass is 35.5. The van der Waals surface area contributed by atoms with Gasteiger partial charge >= 0.3 is 5.97 Å². The number of fused-ring (bicyclic) bond motifs is 1. The maximum Gasteiger partial charge on any atom is 0.325 e. The van der Waals surface area contributed by atoms with E-state index in [1.54, 1.807) is 18.2 Å². The lowest BCUT2D eigenvalue weighted by atomic mass is 10.2.